The van der Waals surface area contributed by atoms with Crippen molar-refractivity contribution in [3.05, 3.63) is 60.0 Å². The van der Waals surface area contributed by atoms with E-state index in [2.05, 4.69) is 14.3 Å². The maximum Gasteiger partial charge on any atom is 0.270 e. The third-order valence-electron chi connectivity index (χ3n) is 4.69. The van der Waals surface area contributed by atoms with Crippen LogP contribution in [0.3, 0.4) is 0 Å². The summed E-state index contributed by atoms with van der Waals surface area (Å²) in [5.74, 6) is 0.326. The van der Waals surface area contributed by atoms with Crippen LogP contribution >= 0.6 is 11.9 Å². The van der Waals surface area contributed by atoms with Crippen LogP contribution in [0, 0.1) is 5.92 Å². The number of carbonyl (C=O) groups excluding carboxylic acids is 2. The molecule has 3 heterocycles. The molecular formula is C20H20N4O2S. The Morgan fingerprint density at radius 1 is 1.22 bits per heavy atom. The third-order valence-corrected chi connectivity index (χ3v) is 5.92. The summed E-state index contributed by atoms with van der Waals surface area (Å²) >= 11 is 1.62. The zero-order valence-electron chi connectivity index (χ0n) is 15.2. The molecule has 4 rings (SSSR count). The molecule has 1 aliphatic heterocycles. The van der Waals surface area contributed by atoms with E-state index in [1.807, 2.05) is 36.4 Å². The lowest BCUT2D eigenvalue weighted by atomic mass is 9.96. The molecular weight excluding hydrogens is 360 g/mol. The monoisotopic (exact) mass is 380 g/mol. The van der Waals surface area contributed by atoms with Crippen LogP contribution in [0.2, 0.25) is 0 Å². The number of pyridine rings is 1. The molecule has 1 aromatic carbocycles. The van der Waals surface area contributed by atoms with Gasteiger partial charge in [0, 0.05) is 43.5 Å². The fourth-order valence-corrected chi connectivity index (χ4v) is 4.47. The average molecular weight is 380 g/mol. The van der Waals surface area contributed by atoms with Crippen molar-refractivity contribution in [1.29, 1.82) is 0 Å². The number of H-pyrrole nitrogens is 1. The van der Waals surface area contributed by atoms with Gasteiger partial charge in [-0.2, -0.15) is 0 Å². The number of benzene rings is 1. The first-order valence-corrected chi connectivity index (χ1v) is 9.67. The Morgan fingerprint density at radius 2 is 2.04 bits per heavy atom. The van der Waals surface area contributed by atoms with Gasteiger partial charge in [0.1, 0.15) is 5.69 Å². The summed E-state index contributed by atoms with van der Waals surface area (Å²) in [5, 5.41) is 0.803. The summed E-state index contributed by atoms with van der Waals surface area (Å²) < 4.78 is 2.10. The quantitative estimate of drug-likeness (QED) is 0.556. The number of anilines is 1. The highest BCUT2D eigenvalue weighted by atomic mass is 32.2. The zero-order chi connectivity index (χ0) is 19.0. The summed E-state index contributed by atoms with van der Waals surface area (Å²) in [6.07, 6.45) is 3.53. The number of para-hydroxylation sites is 1. The second-order valence-electron chi connectivity index (χ2n) is 6.75. The second kappa shape index (κ2) is 7.08. The second-order valence-corrected chi connectivity index (χ2v) is 7.78. The SMILES string of the molecule is CN(C)C(=O)c1[nH]c2ccccc2c1C(=O)C1CSN(c2cccnc2)C1. The fourth-order valence-electron chi connectivity index (χ4n) is 3.31. The minimum atomic E-state index is -0.190. The lowest BCUT2D eigenvalue weighted by Crippen LogP contribution is -2.27. The maximum absolute atomic E-state index is 13.4. The van der Waals surface area contributed by atoms with Gasteiger partial charge in [0.2, 0.25) is 0 Å². The highest BCUT2D eigenvalue weighted by Gasteiger charge is 2.34. The van der Waals surface area contributed by atoms with Crippen LogP contribution in [0.1, 0.15) is 20.8 Å². The summed E-state index contributed by atoms with van der Waals surface area (Å²) in [4.78, 5) is 34.9. The van der Waals surface area contributed by atoms with E-state index in [9.17, 15) is 9.59 Å². The molecule has 27 heavy (non-hydrogen) atoms. The van der Waals surface area contributed by atoms with Crippen LogP contribution in [0.25, 0.3) is 10.9 Å². The van der Waals surface area contributed by atoms with Crippen molar-refractivity contribution in [1.82, 2.24) is 14.9 Å². The topological polar surface area (TPSA) is 69.3 Å². The minimum Gasteiger partial charge on any atom is -0.350 e. The molecule has 0 bridgehead atoms. The van der Waals surface area contributed by atoms with Gasteiger partial charge in [-0.1, -0.05) is 18.2 Å². The van der Waals surface area contributed by atoms with Gasteiger partial charge in [0.25, 0.3) is 5.91 Å². The molecule has 138 valence electrons. The van der Waals surface area contributed by atoms with Gasteiger partial charge in [0.15, 0.2) is 5.78 Å². The lowest BCUT2D eigenvalue weighted by Gasteiger charge is -2.16. The Balaban J connectivity index is 1.69. The lowest BCUT2D eigenvalue weighted by molar-refractivity contribution is 0.0813. The van der Waals surface area contributed by atoms with Crippen LogP contribution in [-0.4, -0.2) is 53.0 Å². The number of nitrogens with zero attached hydrogens (tertiary/aromatic N) is 3. The number of ketones is 1. The van der Waals surface area contributed by atoms with E-state index in [4.69, 9.17) is 0 Å². The van der Waals surface area contributed by atoms with Gasteiger partial charge < -0.3 is 14.2 Å². The number of hydrogen-bond donors (Lipinski definition) is 1. The summed E-state index contributed by atoms with van der Waals surface area (Å²) in [6.45, 7) is 0.601. The van der Waals surface area contributed by atoms with E-state index in [1.54, 1.807) is 38.4 Å². The number of nitrogens with one attached hydrogen (secondary N) is 1. The largest absolute Gasteiger partial charge is 0.350 e. The van der Waals surface area contributed by atoms with Crippen LogP contribution in [0.5, 0.6) is 0 Å². The molecule has 1 fully saturated rings. The Hall–Kier alpha value is -2.80. The predicted octanol–water partition coefficient (Wildman–Crippen LogP) is 3.23. The Bertz CT molecular complexity index is 1000. The maximum atomic E-state index is 13.4. The third kappa shape index (κ3) is 3.19. The molecule has 1 saturated heterocycles. The number of Topliss-reactive ketones (excluding diaryl/α,β-unsaturated/α-hetero) is 1. The Morgan fingerprint density at radius 3 is 2.78 bits per heavy atom. The van der Waals surface area contributed by atoms with Crippen molar-refractivity contribution in [2.24, 2.45) is 5.92 Å². The number of amides is 1. The molecule has 1 aliphatic rings. The number of carbonyl (C=O) groups is 2. The molecule has 0 saturated carbocycles. The zero-order valence-corrected chi connectivity index (χ0v) is 16.0. The van der Waals surface area contributed by atoms with Gasteiger partial charge >= 0.3 is 0 Å². The van der Waals surface area contributed by atoms with Crippen LogP contribution in [0.4, 0.5) is 5.69 Å². The van der Waals surface area contributed by atoms with Crippen molar-refractivity contribution in [2.45, 2.75) is 0 Å². The Labute approximate surface area is 161 Å². The number of aromatic amines is 1. The molecule has 0 radical (unpaired) electrons. The molecule has 1 amide bonds. The molecule has 1 unspecified atom stereocenters. The first-order chi connectivity index (χ1) is 13.1. The molecule has 6 nitrogen and oxygen atoms in total. The fraction of sp³-hybridized carbons (Fsp3) is 0.250. The van der Waals surface area contributed by atoms with E-state index in [0.29, 0.717) is 23.6 Å². The van der Waals surface area contributed by atoms with E-state index in [1.165, 1.54) is 4.90 Å². The van der Waals surface area contributed by atoms with Gasteiger partial charge in [-0.25, -0.2) is 0 Å². The minimum absolute atomic E-state index is 0.0107. The summed E-state index contributed by atoms with van der Waals surface area (Å²) in [6, 6.07) is 11.4. The number of aromatic nitrogens is 2. The number of hydrogen-bond acceptors (Lipinski definition) is 5. The van der Waals surface area contributed by atoms with Crippen molar-refractivity contribution in [2.75, 3.05) is 30.7 Å². The smallest absolute Gasteiger partial charge is 0.270 e. The number of rotatable bonds is 4. The van der Waals surface area contributed by atoms with E-state index in [-0.39, 0.29) is 17.6 Å². The van der Waals surface area contributed by atoms with E-state index >= 15 is 0 Å². The van der Waals surface area contributed by atoms with Gasteiger partial charge in [0.05, 0.1) is 23.4 Å². The Kier molecular flexibility index (Phi) is 4.61. The van der Waals surface area contributed by atoms with Gasteiger partial charge in [-0.3, -0.25) is 14.6 Å². The molecule has 0 aliphatic carbocycles. The van der Waals surface area contributed by atoms with Crippen LogP contribution < -0.4 is 4.31 Å². The molecule has 2 aromatic heterocycles. The molecule has 0 spiro atoms. The first-order valence-electron chi connectivity index (χ1n) is 8.73. The van der Waals surface area contributed by atoms with Crippen LogP contribution in [0.15, 0.2) is 48.8 Å². The predicted molar refractivity (Wildman–Crippen MR) is 108 cm³/mol. The van der Waals surface area contributed by atoms with Crippen molar-refractivity contribution < 1.29 is 9.59 Å². The van der Waals surface area contributed by atoms with Crippen molar-refractivity contribution in [3.63, 3.8) is 0 Å². The molecule has 3 aromatic rings. The molecule has 1 N–H and O–H groups in total. The summed E-state index contributed by atoms with van der Waals surface area (Å²) in [7, 11) is 3.38. The molecule has 1 atom stereocenters. The standard InChI is InChI=1S/C20H20N4O2S/c1-23(2)20(26)18-17(15-7-3-4-8-16(15)22-18)19(25)13-11-24(27-12-13)14-6-5-9-21-10-14/h3-10,13,22H,11-12H2,1-2H3. The van der Waals surface area contributed by atoms with Gasteiger partial charge in [-0.05, 0) is 30.1 Å². The first kappa shape index (κ1) is 17.6. The highest BCUT2D eigenvalue weighted by Crippen LogP contribution is 2.34. The highest BCUT2D eigenvalue weighted by molar-refractivity contribution is 8.00. The average Bonchev–Trinajstić information content (AvgIpc) is 3.32. The van der Waals surface area contributed by atoms with E-state index < -0.39 is 0 Å². The molecule has 7 heteroatoms. The van der Waals surface area contributed by atoms with Crippen molar-refractivity contribution >= 4 is 40.2 Å². The van der Waals surface area contributed by atoms with Gasteiger partial charge in [-0.15, -0.1) is 0 Å². The summed E-state index contributed by atoms with van der Waals surface area (Å²) in [5.41, 5.74) is 2.67. The van der Waals surface area contributed by atoms with E-state index in [0.717, 1.165) is 16.6 Å². The normalized spacial score (nSPS) is 16.7. The number of fused-ring (bicyclic) bond motifs is 1. The van der Waals surface area contributed by atoms with Crippen molar-refractivity contribution in [3.8, 4) is 0 Å². The van der Waals surface area contributed by atoms with Crippen LogP contribution in [-0.2, 0) is 0 Å².